The second-order valence-corrected chi connectivity index (χ2v) is 2.64. The maximum absolute atomic E-state index is 12.4. The molecule has 4 nitrogen and oxygen atoms in total. The second-order valence-electron chi connectivity index (χ2n) is 2.64. The fraction of sp³-hybridized carbons (Fsp3) is 0.143. The van der Waals surface area contributed by atoms with Crippen molar-refractivity contribution in [2.45, 2.75) is 6.18 Å². The number of nitrogens with one attached hydrogen (secondary N) is 1. The van der Waals surface area contributed by atoms with Crippen molar-refractivity contribution in [1.82, 2.24) is 14.4 Å². The van der Waals surface area contributed by atoms with Gasteiger partial charge in [-0.3, -0.25) is 14.2 Å². The average Bonchev–Trinajstić information content (AvgIpc) is 2.47. The van der Waals surface area contributed by atoms with Gasteiger partial charge in [-0.25, -0.2) is 4.98 Å². The number of aromatic amines is 1. The molecule has 74 valence electrons. The first-order chi connectivity index (χ1) is 6.48. The lowest BCUT2D eigenvalue weighted by molar-refractivity contribution is -0.142. The van der Waals surface area contributed by atoms with Crippen LogP contribution in [-0.4, -0.2) is 14.4 Å². The summed E-state index contributed by atoms with van der Waals surface area (Å²) in [6, 6.07) is 0.495. The lowest BCUT2D eigenvalue weighted by atomic mass is 10.4. The molecule has 1 N–H and O–H groups in total. The minimum Gasteiger partial charge on any atom is -0.292 e. The maximum atomic E-state index is 12.4. The number of hydrogen-bond acceptors (Lipinski definition) is 2. The number of imidazole rings is 1. The minimum absolute atomic E-state index is 0.121. The zero-order chi connectivity index (χ0) is 10.3. The molecule has 0 aliphatic heterocycles. The van der Waals surface area contributed by atoms with Gasteiger partial charge in [0, 0.05) is 18.5 Å². The fourth-order valence-corrected chi connectivity index (χ4v) is 1.15. The molecule has 2 rings (SSSR count). The molecule has 0 atom stereocenters. The smallest absolute Gasteiger partial charge is 0.292 e. The highest BCUT2D eigenvalue weighted by Gasteiger charge is 2.34. The summed E-state index contributed by atoms with van der Waals surface area (Å²) in [5, 5.41) is 0. The van der Waals surface area contributed by atoms with Crippen LogP contribution in [0.5, 0.6) is 0 Å². The molecule has 0 aromatic carbocycles. The van der Waals surface area contributed by atoms with Crippen LogP contribution in [0.4, 0.5) is 13.2 Å². The summed E-state index contributed by atoms with van der Waals surface area (Å²) in [4.78, 5) is 16.6. The van der Waals surface area contributed by atoms with Crippen LogP contribution in [0.15, 0.2) is 23.3 Å². The quantitative estimate of drug-likeness (QED) is 0.695. The van der Waals surface area contributed by atoms with Crippen molar-refractivity contribution < 1.29 is 13.2 Å². The number of fused-ring (bicyclic) bond motifs is 1. The Morgan fingerprint density at radius 2 is 2.14 bits per heavy atom. The largest absolute Gasteiger partial charge is 0.432 e. The van der Waals surface area contributed by atoms with Gasteiger partial charge in [0.05, 0.1) is 0 Å². The molecular formula is C7H4F3N3O. The number of aromatic nitrogens is 3. The predicted molar refractivity (Wildman–Crippen MR) is 40.8 cm³/mol. The van der Waals surface area contributed by atoms with Crippen molar-refractivity contribution in [3.8, 4) is 0 Å². The third-order valence-corrected chi connectivity index (χ3v) is 1.69. The molecule has 0 radical (unpaired) electrons. The van der Waals surface area contributed by atoms with Gasteiger partial charge >= 0.3 is 6.18 Å². The van der Waals surface area contributed by atoms with E-state index >= 15 is 0 Å². The van der Waals surface area contributed by atoms with Gasteiger partial charge in [-0.2, -0.15) is 13.2 Å². The molecule has 0 saturated heterocycles. The van der Waals surface area contributed by atoms with E-state index in [1.165, 1.54) is 6.20 Å². The van der Waals surface area contributed by atoms with Crippen molar-refractivity contribution in [2.24, 2.45) is 0 Å². The van der Waals surface area contributed by atoms with E-state index in [1.807, 2.05) is 0 Å². The maximum Gasteiger partial charge on any atom is 0.432 e. The van der Waals surface area contributed by atoms with Crippen LogP contribution >= 0.6 is 0 Å². The van der Waals surface area contributed by atoms with Gasteiger partial charge < -0.3 is 0 Å². The van der Waals surface area contributed by atoms with Gasteiger partial charge in [-0.05, 0) is 0 Å². The van der Waals surface area contributed by atoms with Gasteiger partial charge in [-0.15, -0.1) is 0 Å². The van der Waals surface area contributed by atoms with Gasteiger partial charge in [0.15, 0.2) is 0 Å². The molecular weight excluding hydrogens is 199 g/mol. The number of halogens is 3. The summed E-state index contributed by atoms with van der Waals surface area (Å²) in [6.45, 7) is 0. The summed E-state index contributed by atoms with van der Waals surface area (Å²) >= 11 is 0. The Balaban J connectivity index is 2.87. The molecule has 0 spiro atoms. The lowest BCUT2D eigenvalue weighted by Crippen LogP contribution is -2.18. The fourth-order valence-electron chi connectivity index (χ4n) is 1.15. The first kappa shape index (κ1) is 8.79. The molecule has 2 heterocycles. The van der Waals surface area contributed by atoms with E-state index in [-0.39, 0.29) is 5.78 Å². The Kier molecular flexibility index (Phi) is 1.63. The zero-order valence-corrected chi connectivity index (χ0v) is 6.67. The Hall–Kier alpha value is -1.79. The number of nitrogens with zero attached hydrogens (tertiary/aromatic N) is 2. The van der Waals surface area contributed by atoms with E-state index < -0.39 is 17.4 Å². The molecule has 0 unspecified atom stereocenters. The van der Waals surface area contributed by atoms with Gasteiger partial charge in [-0.1, -0.05) is 0 Å². The van der Waals surface area contributed by atoms with Crippen molar-refractivity contribution in [1.29, 1.82) is 0 Å². The lowest BCUT2D eigenvalue weighted by Gasteiger charge is -2.07. The Labute approximate surface area is 75.0 Å². The number of alkyl halides is 3. The van der Waals surface area contributed by atoms with E-state index in [4.69, 9.17) is 0 Å². The van der Waals surface area contributed by atoms with Gasteiger partial charge in [0.1, 0.15) is 5.69 Å². The summed E-state index contributed by atoms with van der Waals surface area (Å²) in [6.07, 6.45) is -2.25. The van der Waals surface area contributed by atoms with Crippen molar-refractivity contribution in [2.75, 3.05) is 0 Å². The molecule has 0 aliphatic rings. The molecule has 2 aromatic heterocycles. The molecule has 0 saturated carbocycles. The van der Waals surface area contributed by atoms with Crippen LogP contribution in [0.2, 0.25) is 0 Å². The van der Waals surface area contributed by atoms with Crippen LogP contribution in [0.1, 0.15) is 5.69 Å². The Morgan fingerprint density at radius 1 is 1.43 bits per heavy atom. The highest BCUT2D eigenvalue weighted by atomic mass is 19.4. The normalized spacial score (nSPS) is 12.2. The van der Waals surface area contributed by atoms with Crippen LogP contribution in [0.3, 0.4) is 0 Å². The Bertz CT molecular complexity index is 525. The van der Waals surface area contributed by atoms with Crippen LogP contribution in [0.25, 0.3) is 5.78 Å². The standard InChI is InChI=1S/C7H4F3N3O/c8-7(9,10)4-3-5(14)12-6-11-1-2-13(4)6/h1-3H,(H,11,12,14). The van der Waals surface area contributed by atoms with Crippen LogP contribution in [-0.2, 0) is 6.18 Å². The minimum atomic E-state index is -4.56. The number of H-pyrrole nitrogens is 1. The summed E-state index contributed by atoms with van der Waals surface area (Å²) in [5.41, 5.74) is -1.86. The van der Waals surface area contributed by atoms with E-state index in [9.17, 15) is 18.0 Å². The van der Waals surface area contributed by atoms with Gasteiger partial charge in [0.2, 0.25) is 5.78 Å². The number of rotatable bonds is 0. The van der Waals surface area contributed by atoms with E-state index in [0.29, 0.717) is 6.07 Å². The molecule has 0 fully saturated rings. The molecule has 0 amide bonds. The average molecular weight is 203 g/mol. The first-order valence-electron chi connectivity index (χ1n) is 3.62. The number of hydrogen-bond donors (Lipinski definition) is 1. The molecule has 14 heavy (non-hydrogen) atoms. The molecule has 7 heteroatoms. The van der Waals surface area contributed by atoms with Crippen LogP contribution < -0.4 is 5.56 Å². The van der Waals surface area contributed by atoms with E-state index in [2.05, 4.69) is 9.97 Å². The molecule has 0 bridgehead atoms. The van der Waals surface area contributed by atoms with E-state index in [1.54, 1.807) is 0 Å². The predicted octanol–water partition coefficient (Wildman–Crippen LogP) is 1.04. The summed E-state index contributed by atoms with van der Waals surface area (Å²) < 4.78 is 37.9. The summed E-state index contributed by atoms with van der Waals surface area (Å²) in [7, 11) is 0. The molecule has 0 aliphatic carbocycles. The van der Waals surface area contributed by atoms with Crippen molar-refractivity contribution in [3.05, 3.63) is 34.5 Å². The third kappa shape index (κ3) is 1.26. The van der Waals surface area contributed by atoms with Crippen molar-refractivity contribution >= 4 is 5.78 Å². The highest BCUT2D eigenvalue weighted by molar-refractivity contribution is 5.30. The van der Waals surface area contributed by atoms with Crippen molar-refractivity contribution in [3.63, 3.8) is 0 Å². The highest BCUT2D eigenvalue weighted by Crippen LogP contribution is 2.27. The summed E-state index contributed by atoms with van der Waals surface area (Å²) in [5.74, 6) is -0.121. The van der Waals surface area contributed by atoms with E-state index in [0.717, 1.165) is 10.6 Å². The topological polar surface area (TPSA) is 50.2 Å². The van der Waals surface area contributed by atoms with Crippen LogP contribution in [0, 0.1) is 0 Å². The third-order valence-electron chi connectivity index (χ3n) is 1.69. The monoisotopic (exact) mass is 203 g/mol. The first-order valence-corrected chi connectivity index (χ1v) is 3.62. The molecule has 2 aromatic rings. The Morgan fingerprint density at radius 3 is 2.79 bits per heavy atom. The second kappa shape index (κ2) is 2.60. The SMILES string of the molecule is O=c1cc(C(F)(F)F)n2ccnc2[nH]1. The van der Waals surface area contributed by atoms with Gasteiger partial charge in [0.25, 0.3) is 5.56 Å². The zero-order valence-electron chi connectivity index (χ0n) is 6.67.